The summed E-state index contributed by atoms with van der Waals surface area (Å²) in [6, 6.07) is 5.85. The Labute approximate surface area is 118 Å². The molecule has 0 amide bonds. The number of halogens is 3. The van der Waals surface area contributed by atoms with Crippen LogP contribution < -0.4 is 4.74 Å². The summed E-state index contributed by atoms with van der Waals surface area (Å²) in [6.07, 6.45) is 3.18. The Bertz CT molecular complexity index is 521. The highest BCUT2D eigenvalue weighted by Crippen LogP contribution is 2.18. The predicted molar refractivity (Wildman–Crippen MR) is 76.2 cm³/mol. The second-order valence-electron chi connectivity index (χ2n) is 3.53. The monoisotopic (exact) mass is 327 g/mol. The SMILES string of the molecule is C=C/C(=C\C(=C)Br)C(=N)c1ccc(OC(F)F)cc1. The van der Waals surface area contributed by atoms with E-state index in [9.17, 15) is 8.78 Å². The zero-order valence-corrected chi connectivity index (χ0v) is 11.6. The summed E-state index contributed by atoms with van der Waals surface area (Å²) in [5.41, 5.74) is 1.37. The zero-order valence-electron chi connectivity index (χ0n) is 10.00. The summed E-state index contributed by atoms with van der Waals surface area (Å²) >= 11 is 3.18. The third kappa shape index (κ3) is 4.79. The lowest BCUT2D eigenvalue weighted by Gasteiger charge is -2.08. The Hall–Kier alpha value is -1.75. The molecule has 0 spiro atoms. The molecule has 0 aromatic heterocycles. The minimum atomic E-state index is -2.86. The van der Waals surface area contributed by atoms with Gasteiger partial charge in [-0.25, -0.2) is 0 Å². The van der Waals surface area contributed by atoms with E-state index in [1.807, 2.05) is 0 Å². The number of nitrogens with one attached hydrogen (secondary N) is 1. The minimum absolute atomic E-state index is 0.0561. The third-order valence-corrected chi connectivity index (χ3v) is 2.42. The van der Waals surface area contributed by atoms with Gasteiger partial charge >= 0.3 is 6.61 Å². The van der Waals surface area contributed by atoms with Crippen molar-refractivity contribution in [1.29, 1.82) is 5.41 Å². The number of alkyl halides is 2. The van der Waals surface area contributed by atoms with Crippen LogP contribution in [0.4, 0.5) is 8.78 Å². The fourth-order valence-electron chi connectivity index (χ4n) is 1.37. The van der Waals surface area contributed by atoms with E-state index in [4.69, 9.17) is 5.41 Å². The van der Waals surface area contributed by atoms with Crippen LogP contribution in [0.5, 0.6) is 5.75 Å². The average molecular weight is 328 g/mol. The standard InChI is InChI=1S/C14H12BrF2NO/c1-3-10(8-9(2)15)13(18)11-4-6-12(7-5-11)19-14(16)17/h3-8,14,18H,1-2H2/b10-8+,18-13?. The molecule has 1 aromatic rings. The molecule has 100 valence electrons. The Kier molecular flexibility index (Phi) is 5.63. The quantitative estimate of drug-likeness (QED) is 0.597. The van der Waals surface area contributed by atoms with Gasteiger partial charge in [-0.15, -0.1) is 0 Å². The maximum atomic E-state index is 12.0. The Morgan fingerprint density at radius 1 is 1.32 bits per heavy atom. The average Bonchev–Trinajstić information content (AvgIpc) is 2.35. The summed E-state index contributed by atoms with van der Waals surface area (Å²) in [6.45, 7) is 4.42. The molecule has 1 N–H and O–H groups in total. The molecule has 0 unspecified atom stereocenters. The fraction of sp³-hybridized carbons (Fsp3) is 0.0714. The van der Waals surface area contributed by atoms with Gasteiger partial charge in [0.1, 0.15) is 5.75 Å². The first kappa shape index (κ1) is 15.3. The zero-order chi connectivity index (χ0) is 14.4. The highest BCUT2D eigenvalue weighted by Gasteiger charge is 2.07. The van der Waals surface area contributed by atoms with E-state index in [0.717, 1.165) is 0 Å². The van der Waals surface area contributed by atoms with Gasteiger partial charge < -0.3 is 4.74 Å². The Morgan fingerprint density at radius 2 is 1.89 bits per heavy atom. The van der Waals surface area contributed by atoms with E-state index in [0.29, 0.717) is 15.6 Å². The molecule has 0 fully saturated rings. The molecule has 0 radical (unpaired) electrons. The van der Waals surface area contributed by atoms with Crippen LogP contribution in [0.15, 0.2) is 59.6 Å². The molecule has 0 bridgehead atoms. The summed E-state index contributed by atoms with van der Waals surface area (Å²) in [7, 11) is 0. The van der Waals surface area contributed by atoms with Crippen LogP contribution in [0, 0.1) is 5.41 Å². The van der Waals surface area contributed by atoms with Gasteiger partial charge in [0, 0.05) is 15.6 Å². The topological polar surface area (TPSA) is 33.1 Å². The van der Waals surface area contributed by atoms with Gasteiger partial charge in [-0.2, -0.15) is 8.78 Å². The fourth-order valence-corrected chi connectivity index (χ4v) is 1.62. The van der Waals surface area contributed by atoms with Crippen LogP contribution in [-0.2, 0) is 0 Å². The van der Waals surface area contributed by atoms with E-state index < -0.39 is 6.61 Å². The van der Waals surface area contributed by atoms with Crippen molar-refractivity contribution in [2.45, 2.75) is 6.61 Å². The van der Waals surface area contributed by atoms with Gasteiger partial charge in [0.15, 0.2) is 0 Å². The van der Waals surface area contributed by atoms with Gasteiger partial charge in [0.05, 0.1) is 5.71 Å². The Balaban J connectivity index is 2.94. The van der Waals surface area contributed by atoms with Crippen molar-refractivity contribution in [3.8, 4) is 5.75 Å². The number of allylic oxidation sites excluding steroid dienone is 4. The van der Waals surface area contributed by atoms with Crippen molar-refractivity contribution < 1.29 is 13.5 Å². The molecule has 1 aromatic carbocycles. The maximum absolute atomic E-state index is 12.0. The van der Waals surface area contributed by atoms with Crippen molar-refractivity contribution in [3.05, 3.63) is 65.2 Å². The van der Waals surface area contributed by atoms with E-state index in [1.165, 1.54) is 30.3 Å². The molecule has 0 atom stereocenters. The molecule has 0 saturated heterocycles. The smallest absolute Gasteiger partial charge is 0.387 e. The summed E-state index contributed by atoms with van der Waals surface area (Å²) in [5.74, 6) is 0.0561. The first-order valence-corrected chi connectivity index (χ1v) is 6.06. The molecular formula is C14H12BrF2NO. The second-order valence-corrected chi connectivity index (χ2v) is 4.55. The van der Waals surface area contributed by atoms with E-state index in [2.05, 4.69) is 33.8 Å². The lowest BCUT2D eigenvalue weighted by Crippen LogP contribution is -2.04. The number of hydrogen-bond acceptors (Lipinski definition) is 2. The molecule has 5 heteroatoms. The second kappa shape index (κ2) is 6.99. The van der Waals surface area contributed by atoms with Crippen LogP contribution in [0.2, 0.25) is 0 Å². The highest BCUT2D eigenvalue weighted by molar-refractivity contribution is 9.11. The third-order valence-electron chi connectivity index (χ3n) is 2.19. The van der Waals surface area contributed by atoms with Crippen LogP contribution in [0.1, 0.15) is 5.56 Å². The number of rotatable bonds is 6. The molecular weight excluding hydrogens is 316 g/mol. The van der Waals surface area contributed by atoms with Crippen LogP contribution in [0.25, 0.3) is 0 Å². The lowest BCUT2D eigenvalue weighted by atomic mass is 10.0. The largest absolute Gasteiger partial charge is 0.435 e. The van der Waals surface area contributed by atoms with Crippen molar-refractivity contribution in [3.63, 3.8) is 0 Å². The molecule has 2 nitrogen and oxygen atoms in total. The Morgan fingerprint density at radius 3 is 2.32 bits per heavy atom. The van der Waals surface area contributed by atoms with Crippen molar-refractivity contribution >= 4 is 21.6 Å². The summed E-state index contributed by atoms with van der Waals surface area (Å²) in [4.78, 5) is 0. The molecule has 0 heterocycles. The molecule has 0 aliphatic heterocycles. The normalized spacial score (nSPS) is 11.3. The lowest BCUT2D eigenvalue weighted by molar-refractivity contribution is -0.0498. The van der Waals surface area contributed by atoms with Crippen LogP contribution >= 0.6 is 15.9 Å². The number of ether oxygens (including phenoxy) is 1. The highest BCUT2D eigenvalue weighted by atomic mass is 79.9. The molecule has 19 heavy (non-hydrogen) atoms. The summed E-state index contributed by atoms with van der Waals surface area (Å²) in [5, 5.41) is 8.00. The van der Waals surface area contributed by atoms with Gasteiger partial charge in [-0.3, -0.25) is 5.41 Å². The van der Waals surface area contributed by atoms with Crippen molar-refractivity contribution in [2.75, 3.05) is 0 Å². The van der Waals surface area contributed by atoms with E-state index >= 15 is 0 Å². The van der Waals surface area contributed by atoms with Crippen molar-refractivity contribution in [2.24, 2.45) is 0 Å². The van der Waals surface area contributed by atoms with Gasteiger partial charge in [0.2, 0.25) is 0 Å². The van der Waals surface area contributed by atoms with Crippen molar-refractivity contribution in [1.82, 2.24) is 0 Å². The predicted octanol–water partition coefficient (Wildman–Crippen LogP) is 4.68. The van der Waals surface area contributed by atoms with Gasteiger partial charge in [0.25, 0.3) is 0 Å². The summed E-state index contributed by atoms with van der Waals surface area (Å²) < 4.78 is 28.9. The van der Waals surface area contributed by atoms with Crippen LogP contribution in [0.3, 0.4) is 0 Å². The molecule has 0 aliphatic carbocycles. The van der Waals surface area contributed by atoms with E-state index in [1.54, 1.807) is 6.08 Å². The number of benzene rings is 1. The molecule has 1 rings (SSSR count). The van der Waals surface area contributed by atoms with Gasteiger partial charge in [-0.1, -0.05) is 35.2 Å². The number of hydrogen-bond donors (Lipinski definition) is 1. The molecule has 0 aliphatic rings. The van der Waals surface area contributed by atoms with Crippen LogP contribution in [-0.4, -0.2) is 12.3 Å². The minimum Gasteiger partial charge on any atom is -0.435 e. The maximum Gasteiger partial charge on any atom is 0.387 e. The van der Waals surface area contributed by atoms with E-state index in [-0.39, 0.29) is 11.5 Å². The van der Waals surface area contributed by atoms with Gasteiger partial charge in [-0.05, 0) is 30.3 Å². The first-order valence-electron chi connectivity index (χ1n) is 5.26. The first-order chi connectivity index (χ1) is 8.93. The molecule has 0 saturated carbocycles.